The Hall–Kier alpha value is -2.24. The van der Waals surface area contributed by atoms with Gasteiger partial charge in [-0.25, -0.2) is 0 Å². The lowest BCUT2D eigenvalue weighted by Crippen LogP contribution is -2.50. The summed E-state index contributed by atoms with van der Waals surface area (Å²) in [7, 11) is 0. The number of Topliss-reactive ketones (excluding diaryl/α,β-unsaturated/α-hetero) is 1. The molecule has 2 atom stereocenters. The Morgan fingerprint density at radius 3 is 2.74 bits per heavy atom. The number of carbonyl (C=O) groups is 2. The van der Waals surface area contributed by atoms with Crippen molar-refractivity contribution in [3.63, 3.8) is 0 Å². The molecule has 3 aliphatic rings. The van der Waals surface area contributed by atoms with E-state index < -0.39 is 0 Å². The highest BCUT2D eigenvalue weighted by Gasteiger charge is 2.33. The van der Waals surface area contributed by atoms with Gasteiger partial charge in [0.2, 0.25) is 5.91 Å². The number of rotatable bonds is 3. The lowest BCUT2D eigenvalue weighted by atomic mass is 9.87. The third-order valence-corrected chi connectivity index (χ3v) is 6.37. The molecular formula is C22H25N3O2. The molecule has 5 nitrogen and oxygen atoms in total. The Kier molecular flexibility index (Phi) is 4.21. The molecule has 2 unspecified atom stereocenters. The van der Waals surface area contributed by atoms with E-state index in [-0.39, 0.29) is 23.7 Å². The Morgan fingerprint density at radius 1 is 1.07 bits per heavy atom. The van der Waals surface area contributed by atoms with Crippen LogP contribution in [-0.2, 0) is 17.6 Å². The molecule has 2 heterocycles. The molecule has 140 valence electrons. The fourth-order valence-electron chi connectivity index (χ4n) is 4.95. The molecule has 5 rings (SSSR count). The lowest BCUT2D eigenvalue weighted by Gasteiger charge is -2.33. The Morgan fingerprint density at radius 2 is 1.93 bits per heavy atom. The minimum absolute atomic E-state index is 0.101. The predicted molar refractivity (Wildman–Crippen MR) is 105 cm³/mol. The van der Waals surface area contributed by atoms with Gasteiger partial charge in [-0.2, -0.15) is 0 Å². The van der Waals surface area contributed by atoms with Gasteiger partial charge in [0, 0.05) is 37.8 Å². The zero-order chi connectivity index (χ0) is 18.4. The number of piperidine rings is 1. The number of aryl methyl sites for hydroxylation is 2. The summed E-state index contributed by atoms with van der Waals surface area (Å²) in [6.07, 6.45) is 3.89. The van der Waals surface area contributed by atoms with Gasteiger partial charge in [-0.1, -0.05) is 30.3 Å². The molecule has 2 aromatic rings. The van der Waals surface area contributed by atoms with E-state index in [1.165, 1.54) is 16.5 Å². The molecule has 2 saturated heterocycles. The van der Waals surface area contributed by atoms with Gasteiger partial charge in [0.15, 0.2) is 5.78 Å². The normalized spacial score (nSPS) is 24.5. The summed E-state index contributed by atoms with van der Waals surface area (Å²) in [5, 5.41) is 8.73. The smallest absolute Gasteiger partial charge is 0.241 e. The summed E-state index contributed by atoms with van der Waals surface area (Å²) in [4.78, 5) is 28.0. The van der Waals surface area contributed by atoms with E-state index in [0.717, 1.165) is 43.2 Å². The Bertz CT molecular complexity index is 907. The number of ketones is 1. The van der Waals surface area contributed by atoms with Crippen LogP contribution in [0.25, 0.3) is 10.8 Å². The molecule has 1 amide bonds. The number of hydrogen-bond acceptors (Lipinski definition) is 4. The first kappa shape index (κ1) is 16.9. The highest BCUT2D eigenvalue weighted by Crippen LogP contribution is 2.34. The number of nitrogens with zero attached hydrogens (tertiary/aromatic N) is 1. The van der Waals surface area contributed by atoms with Crippen molar-refractivity contribution in [2.24, 2.45) is 5.92 Å². The summed E-state index contributed by atoms with van der Waals surface area (Å²) < 4.78 is 0. The number of likely N-dealkylation sites (tertiary alicyclic amines) is 1. The van der Waals surface area contributed by atoms with E-state index in [0.29, 0.717) is 19.8 Å². The number of carbonyl (C=O) groups excluding carboxylic acids is 2. The standard InChI is InChI=1S/C22H25N3O2/c26-21(16-4-2-10-25(12-16)22(27)19-11-23-13-24-19)18-9-8-15-7-6-14-3-1-5-17(18)20(14)15/h1,3,5,8-9,16,19,23-24H,2,4,6-7,10-13H2. The highest BCUT2D eigenvalue weighted by atomic mass is 16.2. The van der Waals surface area contributed by atoms with Gasteiger partial charge < -0.3 is 10.2 Å². The molecule has 0 bridgehead atoms. The Balaban J connectivity index is 1.41. The number of benzene rings is 2. The summed E-state index contributed by atoms with van der Waals surface area (Å²) in [6.45, 7) is 2.64. The van der Waals surface area contributed by atoms with Crippen LogP contribution in [0.15, 0.2) is 30.3 Å². The van der Waals surface area contributed by atoms with Crippen LogP contribution in [0.1, 0.15) is 34.3 Å². The van der Waals surface area contributed by atoms with Gasteiger partial charge in [0.25, 0.3) is 0 Å². The van der Waals surface area contributed by atoms with Crippen LogP contribution in [0.5, 0.6) is 0 Å². The van der Waals surface area contributed by atoms with Crippen molar-refractivity contribution in [3.05, 3.63) is 47.0 Å². The summed E-state index contributed by atoms with van der Waals surface area (Å²) in [5.41, 5.74) is 3.55. The lowest BCUT2D eigenvalue weighted by molar-refractivity contribution is -0.134. The molecule has 2 N–H and O–H groups in total. The fraction of sp³-hybridized carbons (Fsp3) is 0.455. The number of hydrogen-bond donors (Lipinski definition) is 2. The largest absolute Gasteiger partial charge is 0.341 e. The van der Waals surface area contributed by atoms with E-state index in [9.17, 15) is 9.59 Å². The van der Waals surface area contributed by atoms with Gasteiger partial charge in [-0.15, -0.1) is 0 Å². The molecule has 1 aliphatic carbocycles. The molecule has 0 radical (unpaired) electrons. The molecule has 0 saturated carbocycles. The zero-order valence-electron chi connectivity index (χ0n) is 15.5. The van der Waals surface area contributed by atoms with Crippen molar-refractivity contribution >= 4 is 22.5 Å². The average molecular weight is 363 g/mol. The van der Waals surface area contributed by atoms with E-state index in [2.05, 4.69) is 34.9 Å². The van der Waals surface area contributed by atoms with Crippen molar-refractivity contribution in [1.29, 1.82) is 0 Å². The maximum atomic E-state index is 13.4. The first-order chi connectivity index (χ1) is 13.2. The summed E-state index contributed by atoms with van der Waals surface area (Å²) >= 11 is 0. The monoisotopic (exact) mass is 363 g/mol. The minimum atomic E-state index is -0.157. The minimum Gasteiger partial charge on any atom is -0.341 e. The van der Waals surface area contributed by atoms with Crippen LogP contribution in [0.4, 0.5) is 0 Å². The third-order valence-electron chi connectivity index (χ3n) is 6.37. The van der Waals surface area contributed by atoms with Crippen molar-refractivity contribution in [1.82, 2.24) is 15.5 Å². The molecule has 27 heavy (non-hydrogen) atoms. The van der Waals surface area contributed by atoms with Gasteiger partial charge >= 0.3 is 0 Å². The van der Waals surface area contributed by atoms with E-state index >= 15 is 0 Å². The van der Waals surface area contributed by atoms with Gasteiger partial charge in [-0.05, 0) is 47.6 Å². The van der Waals surface area contributed by atoms with Crippen molar-refractivity contribution < 1.29 is 9.59 Å². The molecule has 5 heteroatoms. The van der Waals surface area contributed by atoms with Crippen LogP contribution >= 0.6 is 0 Å². The fourth-order valence-corrected chi connectivity index (χ4v) is 4.95. The van der Waals surface area contributed by atoms with Crippen LogP contribution < -0.4 is 10.6 Å². The van der Waals surface area contributed by atoms with Crippen LogP contribution in [0, 0.1) is 5.92 Å². The second-order valence-corrected chi connectivity index (χ2v) is 7.99. The summed E-state index contributed by atoms with van der Waals surface area (Å²) in [5.74, 6) is 0.217. The molecular weight excluding hydrogens is 338 g/mol. The maximum Gasteiger partial charge on any atom is 0.241 e. The number of nitrogens with one attached hydrogen (secondary N) is 2. The second-order valence-electron chi connectivity index (χ2n) is 7.99. The van der Waals surface area contributed by atoms with Gasteiger partial charge in [0.1, 0.15) is 6.04 Å². The SMILES string of the molecule is O=C(c1ccc2c3c(cccc13)CC2)C1CCCN(C(=O)C2CNCN2)C1. The van der Waals surface area contributed by atoms with Gasteiger partial charge in [0.05, 0.1) is 0 Å². The molecule has 2 aliphatic heterocycles. The van der Waals surface area contributed by atoms with E-state index in [1.807, 2.05) is 11.0 Å². The van der Waals surface area contributed by atoms with E-state index in [1.54, 1.807) is 0 Å². The molecule has 0 aromatic heterocycles. The number of amides is 1. The topological polar surface area (TPSA) is 61.4 Å². The zero-order valence-corrected chi connectivity index (χ0v) is 15.5. The second kappa shape index (κ2) is 6.73. The van der Waals surface area contributed by atoms with Crippen molar-refractivity contribution in [3.8, 4) is 0 Å². The first-order valence-corrected chi connectivity index (χ1v) is 10.0. The van der Waals surface area contributed by atoms with Crippen molar-refractivity contribution in [2.75, 3.05) is 26.3 Å². The summed E-state index contributed by atoms with van der Waals surface area (Å²) in [6, 6.07) is 10.3. The van der Waals surface area contributed by atoms with Crippen LogP contribution in [0.2, 0.25) is 0 Å². The maximum absolute atomic E-state index is 13.4. The van der Waals surface area contributed by atoms with Crippen LogP contribution in [0.3, 0.4) is 0 Å². The van der Waals surface area contributed by atoms with Crippen molar-refractivity contribution in [2.45, 2.75) is 31.7 Å². The molecule has 0 spiro atoms. The predicted octanol–water partition coefficient (Wildman–Crippen LogP) is 1.88. The average Bonchev–Trinajstić information content (AvgIpc) is 3.39. The third kappa shape index (κ3) is 2.86. The van der Waals surface area contributed by atoms with Crippen LogP contribution in [-0.4, -0.2) is 48.9 Å². The Labute approximate surface area is 159 Å². The van der Waals surface area contributed by atoms with E-state index in [4.69, 9.17) is 0 Å². The highest BCUT2D eigenvalue weighted by molar-refractivity contribution is 6.11. The molecule has 2 aromatic carbocycles. The quantitative estimate of drug-likeness (QED) is 0.818. The van der Waals surface area contributed by atoms with Gasteiger partial charge in [-0.3, -0.25) is 14.9 Å². The molecule has 2 fully saturated rings. The first-order valence-electron chi connectivity index (χ1n) is 10.0.